The molecule has 7 nitrogen and oxygen atoms in total. The van der Waals surface area contributed by atoms with Crippen molar-refractivity contribution in [3.05, 3.63) is 42.0 Å². The van der Waals surface area contributed by atoms with Crippen LogP contribution >= 0.6 is 0 Å². The van der Waals surface area contributed by atoms with Crippen molar-refractivity contribution in [1.29, 1.82) is 0 Å². The van der Waals surface area contributed by atoms with E-state index in [-0.39, 0.29) is 11.8 Å². The minimum atomic E-state index is -0.327. The monoisotopic (exact) mass is 287 g/mol. The Hall–Kier alpha value is -2.70. The normalized spacial score (nSPS) is 10.2. The molecule has 1 aromatic heterocycles. The molecule has 0 aliphatic heterocycles. The molecule has 2 rings (SSSR count). The number of Topliss-reactive ketones (excluding diaryl/α,β-unsaturated/α-hetero) is 1. The largest absolute Gasteiger partial charge is 0.337 e. The van der Waals surface area contributed by atoms with Crippen LogP contribution in [0.2, 0.25) is 0 Å². The maximum absolute atomic E-state index is 11.7. The summed E-state index contributed by atoms with van der Waals surface area (Å²) < 4.78 is 1.61. The lowest BCUT2D eigenvalue weighted by molar-refractivity contribution is 0.101. The van der Waals surface area contributed by atoms with Crippen LogP contribution in [0.1, 0.15) is 23.1 Å². The third-order valence-corrected chi connectivity index (χ3v) is 2.81. The molecule has 0 fully saturated rings. The molecule has 0 radical (unpaired) electrons. The average Bonchev–Trinajstić information content (AvgIpc) is 2.84. The molecule has 2 amide bonds. The number of nitrogens with zero attached hydrogens (tertiary/aromatic N) is 3. The Morgan fingerprint density at radius 2 is 2.14 bits per heavy atom. The van der Waals surface area contributed by atoms with Crippen LogP contribution in [0.5, 0.6) is 0 Å². The number of ketones is 1. The van der Waals surface area contributed by atoms with Gasteiger partial charge in [-0.3, -0.25) is 9.48 Å². The van der Waals surface area contributed by atoms with Crippen LogP contribution in [0, 0.1) is 0 Å². The fourth-order valence-electron chi connectivity index (χ4n) is 1.78. The average molecular weight is 287 g/mol. The van der Waals surface area contributed by atoms with E-state index in [4.69, 9.17) is 0 Å². The van der Waals surface area contributed by atoms with Gasteiger partial charge in [-0.15, -0.1) is 0 Å². The number of aromatic nitrogens is 3. The molecule has 2 aromatic rings. The van der Waals surface area contributed by atoms with Crippen molar-refractivity contribution in [2.45, 2.75) is 13.3 Å². The number of nitrogens with one attached hydrogen (secondary N) is 2. The minimum Gasteiger partial charge on any atom is -0.337 e. The summed E-state index contributed by atoms with van der Waals surface area (Å²) in [6.07, 6.45) is 2.17. The topological polar surface area (TPSA) is 88.9 Å². The summed E-state index contributed by atoms with van der Waals surface area (Å²) in [5.41, 5.74) is 1.14. The first kappa shape index (κ1) is 14.7. The third kappa shape index (κ3) is 4.41. The number of hydrogen-bond donors (Lipinski definition) is 2. The van der Waals surface area contributed by atoms with E-state index in [0.29, 0.717) is 30.0 Å². The van der Waals surface area contributed by atoms with Gasteiger partial charge in [0.15, 0.2) is 11.6 Å². The molecule has 0 bridgehead atoms. The first-order chi connectivity index (χ1) is 10.0. The van der Waals surface area contributed by atoms with Crippen molar-refractivity contribution in [1.82, 2.24) is 20.1 Å². The fourth-order valence-corrected chi connectivity index (χ4v) is 1.78. The summed E-state index contributed by atoms with van der Waals surface area (Å²) in [4.78, 5) is 27.1. The van der Waals surface area contributed by atoms with Crippen LogP contribution in [0.4, 0.5) is 10.5 Å². The number of carbonyl (C=O) groups excluding carboxylic acids is 2. The molecule has 1 heterocycles. The van der Waals surface area contributed by atoms with Crippen LogP contribution in [-0.4, -0.2) is 33.1 Å². The van der Waals surface area contributed by atoms with Gasteiger partial charge in [0.2, 0.25) is 0 Å². The van der Waals surface area contributed by atoms with Crippen LogP contribution in [0.25, 0.3) is 0 Å². The van der Waals surface area contributed by atoms with Crippen molar-refractivity contribution in [3.8, 4) is 0 Å². The van der Waals surface area contributed by atoms with E-state index in [9.17, 15) is 9.59 Å². The molecule has 21 heavy (non-hydrogen) atoms. The number of rotatable bonds is 5. The number of benzene rings is 1. The molecule has 110 valence electrons. The highest BCUT2D eigenvalue weighted by Crippen LogP contribution is 2.10. The summed E-state index contributed by atoms with van der Waals surface area (Å²) in [7, 11) is 1.79. The number of hydrogen-bond acceptors (Lipinski definition) is 4. The van der Waals surface area contributed by atoms with Crippen molar-refractivity contribution in [2.75, 3.05) is 11.9 Å². The molecule has 1 aromatic carbocycles. The Kier molecular flexibility index (Phi) is 4.65. The molecule has 0 saturated heterocycles. The summed E-state index contributed by atoms with van der Waals surface area (Å²) in [5.74, 6) is 0.636. The Morgan fingerprint density at radius 3 is 2.81 bits per heavy atom. The van der Waals surface area contributed by atoms with E-state index < -0.39 is 0 Å². The summed E-state index contributed by atoms with van der Waals surface area (Å²) in [5, 5.41) is 9.51. The quantitative estimate of drug-likeness (QED) is 0.813. The highest BCUT2D eigenvalue weighted by atomic mass is 16.2. The second-order valence-electron chi connectivity index (χ2n) is 4.60. The minimum absolute atomic E-state index is 0.0414. The van der Waals surface area contributed by atoms with Gasteiger partial charge in [-0.25, -0.2) is 9.78 Å². The summed E-state index contributed by atoms with van der Waals surface area (Å²) >= 11 is 0. The molecule has 0 atom stereocenters. The van der Waals surface area contributed by atoms with Crippen molar-refractivity contribution >= 4 is 17.5 Å². The Bertz CT molecular complexity index is 650. The van der Waals surface area contributed by atoms with E-state index in [1.54, 1.807) is 42.3 Å². The van der Waals surface area contributed by atoms with E-state index in [1.807, 2.05) is 0 Å². The molecule has 7 heteroatoms. The number of anilines is 1. The number of amides is 2. The zero-order valence-electron chi connectivity index (χ0n) is 12.0. The Balaban J connectivity index is 1.81. The molecule has 2 N–H and O–H groups in total. The van der Waals surface area contributed by atoms with Crippen LogP contribution in [-0.2, 0) is 13.5 Å². The number of carbonyl (C=O) groups is 2. The first-order valence-corrected chi connectivity index (χ1v) is 6.55. The lowest BCUT2D eigenvalue weighted by Gasteiger charge is -2.07. The molecule has 0 unspecified atom stereocenters. The molecule has 0 aliphatic rings. The van der Waals surface area contributed by atoms with Crippen molar-refractivity contribution in [3.63, 3.8) is 0 Å². The number of urea groups is 1. The molecule has 0 spiro atoms. The number of aryl methyl sites for hydroxylation is 1. The maximum atomic E-state index is 11.7. The van der Waals surface area contributed by atoms with Gasteiger partial charge in [0.25, 0.3) is 0 Å². The van der Waals surface area contributed by atoms with Gasteiger partial charge >= 0.3 is 6.03 Å². The molecule has 0 saturated carbocycles. The zero-order valence-corrected chi connectivity index (χ0v) is 12.0. The standard InChI is InChI=1S/C14H17N5O2/c1-10(20)11-4-3-5-12(8-11)17-14(21)15-7-6-13-16-9-19(2)18-13/h3-5,8-9H,6-7H2,1-2H3,(H2,15,17,21). The zero-order chi connectivity index (χ0) is 15.2. The van der Waals surface area contributed by atoms with Crippen LogP contribution in [0.3, 0.4) is 0 Å². The van der Waals surface area contributed by atoms with E-state index in [1.165, 1.54) is 6.92 Å². The third-order valence-electron chi connectivity index (χ3n) is 2.81. The Labute approximate surface area is 122 Å². The van der Waals surface area contributed by atoms with Crippen molar-refractivity contribution in [2.24, 2.45) is 7.05 Å². The van der Waals surface area contributed by atoms with E-state index in [2.05, 4.69) is 20.7 Å². The highest BCUT2D eigenvalue weighted by Gasteiger charge is 2.05. The van der Waals surface area contributed by atoms with Gasteiger partial charge < -0.3 is 10.6 Å². The van der Waals surface area contributed by atoms with E-state index in [0.717, 1.165) is 0 Å². The Morgan fingerprint density at radius 1 is 1.33 bits per heavy atom. The van der Waals surface area contributed by atoms with Crippen molar-refractivity contribution < 1.29 is 9.59 Å². The summed E-state index contributed by atoms with van der Waals surface area (Å²) in [6, 6.07) is 6.48. The van der Waals surface area contributed by atoms with Gasteiger partial charge in [-0.05, 0) is 19.1 Å². The predicted molar refractivity (Wildman–Crippen MR) is 78.2 cm³/mol. The van der Waals surface area contributed by atoms with Crippen LogP contribution in [0.15, 0.2) is 30.6 Å². The first-order valence-electron chi connectivity index (χ1n) is 6.55. The molecular weight excluding hydrogens is 270 g/mol. The van der Waals surface area contributed by atoms with Gasteiger partial charge in [0.1, 0.15) is 6.33 Å². The van der Waals surface area contributed by atoms with Crippen LogP contribution < -0.4 is 10.6 Å². The van der Waals surface area contributed by atoms with Gasteiger partial charge in [-0.2, -0.15) is 5.10 Å². The maximum Gasteiger partial charge on any atom is 0.319 e. The van der Waals surface area contributed by atoms with E-state index >= 15 is 0 Å². The van der Waals surface area contributed by atoms with Gasteiger partial charge in [0, 0.05) is 31.3 Å². The summed E-state index contributed by atoms with van der Waals surface area (Å²) in [6.45, 7) is 1.92. The van der Waals surface area contributed by atoms with Gasteiger partial charge in [-0.1, -0.05) is 12.1 Å². The second kappa shape index (κ2) is 6.65. The fraction of sp³-hybridized carbons (Fsp3) is 0.286. The predicted octanol–water partition coefficient (Wildman–Crippen LogP) is 1.38. The smallest absolute Gasteiger partial charge is 0.319 e. The second-order valence-corrected chi connectivity index (χ2v) is 4.60. The lowest BCUT2D eigenvalue weighted by atomic mass is 10.1. The van der Waals surface area contributed by atoms with Gasteiger partial charge in [0.05, 0.1) is 0 Å². The molecule has 0 aliphatic carbocycles. The highest BCUT2D eigenvalue weighted by molar-refractivity contribution is 5.96. The lowest BCUT2D eigenvalue weighted by Crippen LogP contribution is -2.30. The molecular formula is C14H17N5O2. The SMILES string of the molecule is CC(=O)c1cccc(NC(=O)NCCc2ncn(C)n2)c1.